The maximum atomic E-state index is 11.1. The van der Waals surface area contributed by atoms with Gasteiger partial charge in [-0.25, -0.2) is 4.98 Å². The van der Waals surface area contributed by atoms with Crippen molar-refractivity contribution in [2.45, 2.75) is 19.4 Å². The summed E-state index contributed by atoms with van der Waals surface area (Å²) in [7, 11) is 0. The number of anilines is 2. The Hall–Kier alpha value is -2.34. The fourth-order valence-corrected chi connectivity index (χ4v) is 2.71. The lowest BCUT2D eigenvalue weighted by atomic mass is 10.0. The first-order valence-electron chi connectivity index (χ1n) is 6.73. The zero-order valence-electron chi connectivity index (χ0n) is 12.1. The van der Waals surface area contributed by atoms with Crippen molar-refractivity contribution >= 4 is 28.8 Å². The number of hydrogen-bond donors (Lipinski definition) is 0. The third-order valence-corrected chi connectivity index (χ3v) is 3.67. The first kappa shape index (κ1) is 14.6. The highest BCUT2D eigenvalue weighted by atomic mass is 35.5. The van der Waals surface area contributed by atoms with E-state index in [-0.39, 0.29) is 10.7 Å². The number of fused-ring (bicyclic) bond motifs is 1. The van der Waals surface area contributed by atoms with Gasteiger partial charge in [0.2, 0.25) is 0 Å². The third kappa shape index (κ3) is 2.57. The van der Waals surface area contributed by atoms with Gasteiger partial charge in [-0.15, -0.1) is 0 Å². The Kier molecular flexibility index (Phi) is 3.41. The molecule has 6 nitrogen and oxygen atoms in total. The van der Waals surface area contributed by atoms with Gasteiger partial charge in [-0.3, -0.25) is 10.1 Å². The predicted octanol–water partition coefficient (Wildman–Crippen LogP) is 3.95. The van der Waals surface area contributed by atoms with Crippen molar-refractivity contribution < 1.29 is 9.66 Å². The number of nitro groups is 1. The monoisotopic (exact) mass is 319 g/mol. The van der Waals surface area contributed by atoms with E-state index in [2.05, 4.69) is 4.98 Å². The average molecular weight is 320 g/mol. The topological polar surface area (TPSA) is 68.5 Å². The zero-order valence-corrected chi connectivity index (χ0v) is 12.9. The standard InChI is InChI=1S/C15H14ClN3O3/c1-15(2)9-18(14-5-3-4-6-17-14)12-7-10(16)11(19(20)21)8-13(12)22-15/h3-8H,9H2,1-2H3. The Balaban J connectivity index is 2.16. The molecule has 0 saturated heterocycles. The summed E-state index contributed by atoms with van der Waals surface area (Å²) in [6, 6.07) is 8.52. The molecule has 0 aliphatic carbocycles. The summed E-state index contributed by atoms with van der Waals surface area (Å²) >= 11 is 6.04. The highest BCUT2D eigenvalue weighted by molar-refractivity contribution is 6.33. The second kappa shape index (κ2) is 5.14. The molecule has 0 unspecified atom stereocenters. The molecule has 0 saturated carbocycles. The number of halogens is 1. The number of pyridine rings is 1. The van der Waals surface area contributed by atoms with E-state index < -0.39 is 10.5 Å². The first-order chi connectivity index (χ1) is 10.4. The van der Waals surface area contributed by atoms with Crippen LogP contribution in [0.15, 0.2) is 36.5 Å². The molecule has 1 aliphatic rings. The van der Waals surface area contributed by atoms with Gasteiger partial charge in [0.1, 0.15) is 16.4 Å². The summed E-state index contributed by atoms with van der Waals surface area (Å²) in [6.07, 6.45) is 1.70. The van der Waals surface area contributed by atoms with Crippen LogP contribution in [-0.2, 0) is 0 Å². The summed E-state index contributed by atoms with van der Waals surface area (Å²) in [6.45, 7) is 4.41. The molecule has 0 amide bonds. The molecule has 0 spiro atoms. The first-order valence-corrected chi connectivity index (χ1v) is 7.11. The number of hydrogen-bond acceptors (Lipinski definition) is 5. The van der Waals surface area contributed by atoms with E-state index >= 15 is 0 Å². The van der Waals surface area contributed by atoms with Crippen LogP contribution in [0.1, 0.15) is 13.8 Å². The maximum absolute atomic E-state index is 11.1. The van der Waals surface area contributed by atoms with Gasteiger partial charge in [-0.05, 0) is 32.0 Å². The van der Waals surface area contributed by atoms with E-state index in [4.69, 9.17) is 16.3 Å². The molecule has 2 heterocycles. The van der Waals surface area contributed by atoms with Crippen LogP contribution in [-0.4, -0.2) is 22.1 Å². The molecule has 0 atom stereocenters. The molecule has 2 aromatic rings. The summed E-state index contributed by atoms with van der Waals surface area (Å²) in [5.74, 6) is 1.17. The second-order valence-corrected chi connectivity index (χ2v) is 6.07. The SMILES string of the molecule is CC1(C)CN(c2ccccn2)c2cc(Cl)c([N+](=O)[O-])cc2O1. The van der Waals surface area contributed by atoms with Crippen molar-refractivity contribution in [3.05, 3.63) is 51.7 Å². The number of ether oxygens (including phenoxy) is 1. The van der Waals surface area contributed by atoms with Crippen LogP contribution in [0.4, 0.5) is 17.2 Å². The second-order valence-electron chi connectivity index (χ2n) is 5.66. The van der Waals surface area contributed by atoms with Gasteiger partial charge >= 0.3 is 0 Å². The minimum atomic E-state index is -0.515. The molecule has 1 aliphatic heterocycles. The predicted molar refractivity (Wildman–Crippen MR) is 84.1 cm³/mol. The molecule has 0 fully saturated rings. The van der Waals surface area contributed by atoms with Gasteiger partial charge in [0.25, 0.3) is 5.69 Å². The van der Waals surface area contributed by atoms with Gasteiger partial charge in [-0.1, -0.05) is 17.7 Å². The third-order valence-electron chi connectivity index (χ3n) is 3.37. The van der Waals surface area contributed by atoms with Gasteiger partial charge in [0.15, 0.2) is 5.75 Å². The molecular weight excluding hydrogens is 306 g/mol. The van der Waals surface area contributed by atoms with Crippen LogP contribution in [0.2, 0.25) is 5.02 Å². The van der Waals surface area contributed by atoms with Gasteiger partial charge < -0.3 is 9.64 Å². The summed E-state index contributed by atoms with van der Waals surface area (Å²) in [5.41, 5.74) is -0.000577. The normalized spacial score (nSPS) is 15.9. The fraction of sp³-hybridized carbons (Fsp3) is 0.267. The van der Waals surface area contributed by atoms with E-state index in [1.165, 1.54) is 6.07 Å². The fourth-order valence-electron chi connectivity index (χ4n) is 2.48. The van der Waals surface area contributed by atoms with Crippen LogP contribution in [0.3, 0.4) is 0 Å². The van der Waals surface area contributed by atoms with Gasteiger partial charge in [0, 0.05) is 6.20 Å². The minimum Gasteiger partial charge on any atom is -0.484 e. The molecule has 1 aromatic heterocycles. The van der Waals surface area contributed by atoms with E-state index in [9.17, 15) is 10.1 Å². The number of rotatable bonds is 2. The Bertz CT molecular complexity index is 734. The van der Waals surface area contributed by atoms with Crippen LogP contribution >= 0.6 is 11.6 Å². The van der Waals surface area contributed by atoms with Crippen molar-refractivity contribution in [1.29, 1.82) is 0 Å². The lowest BCUT2D eigenvalue weighted by molar-refractivity contribution is -0.384. The molecule has 0 N–H and O–H groups in total. The van der Waals surface area contributed by atoms with Gasteiger partial charge in [-0.2, -0.15) is 0 Å². The minimum absolute atomic E-state index is 0.0768. The highest BCUT2D eigenvalue weighted by Gasteiger charge is 2.35. The zero-order chi connectivity index (χ0) is 15.9. The number of benzene rings is 1. The van der Waals surface area contributed by atoms with Crippen LogP contribution in [0, 0.1) is 10.1 Å². The Morgan fingerprint density at radius 2 is 2.18 bits per heavy atom. The Labute approximate surface area is 132 Å². The average Bonchev–Trinajstić information content (AvgIpc) is 2.46. The molecule has 114 valence electrons. The van der Waals surface area contributed by atoms with Crippen molar-refractivity contribution in [3.8, 4) is 5.75 Å². The van der Waals surface area contributed by atoms with Crippen LogP contribution in [0.25, 0.3) is 0 Å². The lowest BCUT2D eigenvalue weighted by Crippen LogP contribution is -2.45. The molecule has 3 rings (SSSR count). The van der Waals surface area contributed by atoms with Crippen molar-refractivity contribution in [3.63, 3.8) is 0 Å². The highest BCUT2D eigenvalue weighted by Crippen LogP contribution is 2.45. The molecule has 1 aromatic carbocycles. The smallest absolute Gasteiger partial charge is 0.291 e. The molecule has 0 radical (unpaired) electrons. The van der Waals surface area contributed by atoms with Crippen LogP contribution < -0.4 is 9.64 Å². The van der Waals surface area contributed by atoms with E-state index in [0.29, 0.717) is 18.0 Å². The largest absolute Gasteiger partial charge is 0.484 e. The van der Waals surface area contributed by atoms with E-state index in [1.54, 1.807) is 12.3 Å². The van der Waals surface area contributed by atoms with E-state index in [1.807, 2.05) is 36.9 Å². The maximum Gasteiger partial charge on any atom is 0.291 e. The lowest BCUT2D eigenvalue weighted by Gasteiger charge is -2.40. The Morgan fingerprint density at radius 1 is 1.41 bits per heavy atom. The number of aromatic nitrogens is 1. The van der Waals surface area contributed by atoms with Crippen molar-refractivity contribution in [2.75, 3.05) is 11.4 Å². The Morgan fingerprint density at radius 3 is 2.82 bits per heavy atom. The van der Waals surface area contributed by atoms with Crippen LogP contribution in [0.5, 0.6) is 5.75 Å². The molecule has 0 bridgehead atoms. The molecular formula is C15H14ClN3O3. The summed E-state index contributed by atoms with van der Waals surface area (Å²) < 4.78 is 5.88. The van der Waals surface area contributed by atoms with E-state index in [0.717, 1.165) is 5.82 Å². The van der Waals surface area contributed by atoms with Gasteiger partial charge in [0.05, 0.1) is 23.2 Å². The van der Waals surface area contributed by atoms with Crippen molar-refractivity contribution in [1.82, 2.24) is 4.98 Å². The molecule has 22 heavy (non-hydrogen) atoms. The summed E-state index contributed by atoms with van der Waals surface area (Å²) in [4.78, 5) is 16.8. The molecule has 7 heteroatoms. The quantitative estimate of drug-likeness (QED) is 0.619. The summed E-state index contributed by atoms with van der Waals surface area (Å²) in [5, 5.41) is 11.1. The number of nitrogens with zero attached hydrogens (tertiary/aromatic N) is 3. The number of nitro benzene ring substituents is 1. The van der Waals surface area contributed by atoms with Crippen molar-refractivity contribution in [2.24, 2.45) is 0 Å².